The van der Waals surface area contributed by atoms with Gasteiger partial charge in [-0.1, -0.05) is 29.8 Å². The minimum Gasteiger partial charge on any atom is -0.369 e. The second kappa shape index (κ2) is 12.3. The zero-order valence-electron chi connectivity index (χ0n) is 19.5. The zero-order valence-corrected chi connectivity index (χ0v) is 21.8. The van der Waals surface area contributed by atoms with Crippen LogP contribution in [-0.4, -0.2) is 83.2 Å². The molecule has 1 aliphatic rings. The van der Waals surface area contributed by atoms with Crippen LogP contribution in [0.25, 0.3) is 0 Å². The van der Waals surface area contributed by atoms with E-state index in [-0.39, 0.29) is 5.69 Å². The molecule has 1 N–H and O–H groups in total. The zero-order chi connectivity index (χ0) is 25.5. The number of amides is 1. The average molecular weight is 551 g/mol. The molecule has 1 aromatic heterocycles. The Balaban J connectivity index is 1.38. The van der Waals surface area contributed by atoms with Crippen molar-refractivity contribution in [1.82, 2.24) is 20.0 Å². The fourth-order valence-electron chi connectivity index (χ4n) is 3.97. The summed E-state index contributed by atoms with van der Waals surface area (Å²) in [7, 11) is 0. The van der Waals surface area contributed by atoms with Gasteiger partial charge >= 0.3 is 5.56 Å². The van der Waals surface area contributed by atoms with Gasteiger partial charge < -0.3 is 14.7 Å². The third-order valence-corrected chi connectivity index (χ3v) is 6.46. The van der Waals surface area contributed by atoms with E-state index in [1.54, 1.807) is 4.90 Å². The molecular formula is C24H26Cl3N7O2. The first-order valence-electron chi connectivity index (χ1n) is 11.5. The van der Waals surface area contributed by atoms with Gasteiger partial charge in [0.2, 0.25) is 5.69 Å². The molecule has 4 rings (SSSR count). The molecule has 0 spiro atoms. The Morgan fingerprint density at radius 1 is 1.06 bits per heavy atom. The van der Waals surface area contributed by atoms with Gasteiger partial charge in [-0.3, -0.25) is 9.59 Å². The highest BCUT2D eigenvalue weighted by Gasteiger charge is 2.26. The summed E-state index contributed by atoms with van der Waals surface area (Å²) in [5.74, 6) is 0.585. The molecule has 12 heteroatoms. The molecule has 36 heavy (non-hydrogen) atoms. The smallest absolute Gasteiger partial charge is 0.320 e. The number of aromatic amines is 1. The third-order valence-electron chi connectivity index (χ3n) is 5.88. The fourth-order valence-corrected chi connectivity index (χ4v) is 4.56. The van der Waals surface area contributed by atoms with Crippen LogP contribution in [0.15, 0.2) is 58.4 Å². The molecule has 0 atom stereocenters. The van der Waals surface area contributed by atoms with Crippen LogP contribution in [0.1, 0.15) is 16.1 Å². The van der Waals surface area contributed by atoms with Crippen molar-refractivity contribution in [2.45, 2.75) is 0 Å². The molecule has 1 aliphatic heterocycles. The molecule has 1 saturated heterocycles. The van der Waals surface area contributed by atoms with Gasteiger partial charge in [0.15, 0.2) is 0 Å². The number of nitrogens with one attached hydrogen (secondary N) is 1. The summed E-state index contributed by atoms with van der Waals surface area (Å²) >= 11 is 17.8. The van der Waals surface area contributed by atoms with Crippen molar-refractivity contribution in [3.05, 3.63) is 75.2 Å². The largest absolute Gasteiger partial charge is 0.369 e. The van der Waals surface area contributed by atoms with Gasteiger partial charge in [0, 0.05) is 67.4 Å². The minimum atomic E-state index is -0.597. The number of H-pyrrole nitrogens is 1. The number of rotatable bonds is 9. The van der Waals surface area contributed by atoms with Gasteiger partial charge in [-0.05, 0) is 35.9 Å². The lowest BCUT2D eigenvalue weighted by atomic mass is 10.2. The summed E-state index contributed by atoms with van der Waals surface area (Å²) in [6.45, 7) is 3.59. The lowest BCUT2D eigenvalue weighted by Crippen LogP contribution is -2.49. The van der Waals surface area contributed by atoms with Crippen molar-refractivity contribution < 1.29 is 4.79 Å². The van der Waals surface area contributed by atoms with Gasteiger partial charge in [0.05, 0.1) is 6.21 Å². The number of aromatic nitrogens is 3. The summed E-state index contributed by atoms with van der Waals surface area (Å²) in [5, 5.41) is 11.3. The molecule has 0 saturated carbocycles. The molecule has 190 valence electrons. The Morgan fingerprint density at radius 3 is 2.39 bits per heavy atom. The van der Waals surface area contributed by atoms with E-state index in [1.807, 2.05) is 48.5 Å². The predicted molar refractivity (Wildman–Crippen MR) is 146 cm³/mol. The molecule has 0 aliphatic carbocycles. The number of alkyl halides is 2. The normalized spacial score (nSPS) is 14.0. The van der Waals surface area contributed by atoms with Crippen LogP contribution in [-0.2, 0) is 0 Å². The molecule has 0 bridgehead atoms. The molecule has 0 unspecified atom stereocenters. The van der Waals surface area contributed by atoms with Crippen LogP contribution in [0, 0.1) is 0 Å². The molecule has 1 amide bonds. The molecule has 0 radical (unpaired) electrons. The molecule has 9 nitrogen and oxygen atoms in total. The highest BCUT2D eigenvalue weighted by molar-refractivity contribution is 6.30. The topological polar surface area (TPSA) is 89.8 Å². The Bertz CT molecular complexity index is 1250. The first-order chi connectivity index (χ1) is 17.5. The fraction of sp³-hybridized carbons (Fsp3) is 0.333. The van der Waals surface area contributed by atoms with Crippen molar-refractivity contribution in [2.24, 2.45) is 5.10 Å². The van der Waals surface area contributed by atoms with Crippen molar-refractivity contribution in [3.63, 3.8) is 0 Å². The predicted octanol–water partition coefficient (Wildman–Crippen LogP) is 3.35. The molecule has 2 aromatic carbocycles. The number of nitrogens with zero attached hydrogens (tertiary/aromatic N) is 6. The SMILES string of the molecule is O=C(c1n[nH]n(N=Cc2ccc(N(CCCl)CCCl)cc2)c1=O)N1CCN(c2cccc(Cl)c2)CC1. The number of piperazine rings is 1. The van der Waals surface area contributed by atoms with Crippen LogP contribution >= 0.6 is 34.8 Å². The molecule has 3 aromatic rings. The van der Waals surface area contributed by atoms with Gasteiger partial charge in [-0.25, -0.2) is 0 Å². The second-order valence-corrected chi connectivity index (χ2v) is 9.33. The van der Waals surface area contributed by atoms with E-state index < -0.39 is 11.5 Å². The van der Waals surface area contributed by atoms with Gasteiger partial charge in [0.25, 0.3) is 5.91 Å². The lowest BCUT2D eigenvalue weighted by Gasteiger charge is -2.35. The van der Waals surface area contributed by atoms with Crippen LogP contribution < -0.4 is 15.4 Å². The van der Waals surface area contributed by atoms with Crippen LogP contribution in [0.2, 0.25) is 5.02 Å². The lowest BCUT2D eigenvalue weighted by molar-refractivity contribution is 0.0739. The number of anilines is 2. The van der Waals surface area contributed by atoms with Crippen LogP contribution in [0.3, 0.4) is 0 Å². The Morgan fingerprint density at radius 2 is 1.75 bits per heavy atom. The van der Waals surface area contributed by atoms with E-state index in [0.29, 0.717) is 56.1 Å². The van der Waals surface area contributed by atoms with Crippen LogP contribution in [0.5, 0.6) is 0 Å². The number of carbonyl (C=O) groups is 1. The minimum absolute atomic E-state index is 0.184. The maximum absolute atomic E-state index is 12.9. The maximum Gasteiger partial charge on any atom is 0.320 e. The maximum atomic E-state index is 12.9. The summed E-state index contributed by atoms with van der Waals surface area (Å²) in [6.07, 6.45) is 1.52. The number of benzene rings is 2. The number of hydrogen-bond donors (Lipinski definition) is 1. The third kappa shape index (κ3) is 6.21. The molecule has 1 fully saturated rings. The first kappa shape index (κ1) is 26.1. The Hall–Kier alpha value is -3.01. The van der Waals surface area contributed by atoms with Crippen molar-refractivity contribution in [1.29, 1.82) is 0 Å². The van der Waals surface area contributed by atoms with Gasteiger partial charge in [-0.15, -0.1) is 33.1 Å². The van der Waals surface area contributed by atoms with Crippen molar-refractivity contribution in [2.75, 3.05) is 60.8 Å². The van der Waals surface area contributed by atoms with E-state index in [2.05, 4.69) is 25.2 Å². The standard InChI is InChI=1S/C24H26Cl3N7O2/c25-8-10-31(11-9-26)20-6-4-18(5-7-20)17-28-34-24(36)22(29-30-34)23(35)33-14-12-32(13-15-33)21-3-1-2-19(27)16-21/h1-7,16-17,30H,8-15H2. The monoisotopic (exact) mass is 549 g/mol. The average Bonchev–Trinajstić information content (AvgIpc) is 3.27. The van der Waals surface area contributed by atoms with E-state index in [9.17, 15) is 9.59 Å². The number of hydrogen-bond acceptors (Lipinski definition) is 6. The second-order valence-electron chi connectivity index (χ2n) is 8.14. The summed E-state index contributed by atoms with van der Waals surface area (Å²) in [4.78, 5) is 32.5. The number of carbonyl (C=O) groups excluding carboxylic acids is 1. The summed E-state index contributed by atoms with van der Waals surface area (Å²) in [6, 6.07) is 15.2. The highest BCUT2D eigenvalue weighted by atomic mass is 35.5. The van der Waals surface area contributed by atoms with Crippen LogP contribution in [0.4, 0.5) is 11.4 Å². The Labute approximate surface area is 223 Å². The highest BCUT2D eigenvalue weighted by Crippen LogP contribution is 2.21. The van der Waals surface area contributed by atoms with Crippen molar-refractivity contribution in [3.8, 4) is 0 Å². The Kier molecular flexibility index (Phi) is 8.90. The quantitative estimate of drug-likeness (QED) is 0.326. The summed E-state index contributed by atoms with van der Waals surface area (Å²) in [5.41, 5.74) is 2.00. The van der Waals surface area contributed by atoms with Gasteiger partial charge in [0.1, 0.15) is 0 Å². The van der Waals surface area contributed by atoms with E-state index in [1.165, 1.54) is 6.21 Å². The number of halogens is 3. The first-order valence-corrected chi connectivity index (χ1v) is 12.9. The molecule has 2 heterocycles. The molecular weight excluding hydrogens is 525 g/mol. The van der Waals surface area contributed by atoms with Gasteiger partial charge in [-0.2, -0.15) is 10.3 Å². The van der Waals surface area contributed by atoms with E-state index in [0.717, 1.165) is 21.7 Å². The van der Waals surface area contributed by atoms with Crippen molar-refractivity contribution >= 4 is 58.3 Å². The van der Waals surface area contributed by atoms with E-state index >= 15 is 0 Å². The summed E-state index contributed by atoms with van der Waals surface area (Å²) < 4.78 is 0. The van der Waals surface area contributed by atoms with E-state index in [4.69, 9.17) is 34.8 Å².